The number of hydrogen-bond acceptors (Lipinski definition) is 2. The van der Waals surface area contributed by atoms with Gasteiger partial charge in [0.05, 0.1) is 12.2 Å². The normalized spacial score (nSPS) is 12.6. The van der Waals surface area contributed by atoms with Gasteiger partial charge < -0.3 is 5.32 Å². The van der Waals surface area contributed by atoms with Gasteiger partial charge in [-0.3, -0.25) is 9.48 Å². The molecule has 0 saturated heterocycles. The Labute approximate surface area is 110 Å². The minimum absolute atomic E-state index is 0.0862. The van der Waals surface area contributed by atoms with E-state index in [9.17, 15) is 4.79 Å². The topological polar surface area (TPSA) is 46.9 Å². The average molecular weight is 251 g/mol. The third kappa shape index (κ3) is 4.51. The molecule has 18 heavy (non-hydrogen) atoms. The Morgan fingerprint density at radius 3 is 2.39 bits per heavy atom. The fraction of sp³-hybridized carbons (Fsp3) is 0.714. The molecule has 0 unspecified atom stereocenters. The number of hydrogen-bond donors (Lipinski definition) is 1. The van der Waals surface area contributed by atoms with Crippen molar-refractivity contribution in [1.82, 2.24) is 15.1 Å². The lowest BCUT2D eigenvalue weighted by Crippen LogP contribution is -2.39. The summed E-state index contributed by atoms with van der Waals surface area (Å²) in [6.45, 7) is 10.9. The Bertz CT molecular complexity index is 413. The van der Waals surface area contributed by atoms with Gasteiger partial charge in [0.25, 0.3) is 0 Å². The Kier molecular flexibility index (Phi) is 4.20. The first kappa shape index (κ1) is 14.7. The average Bonchev–Trinajstić information content (AvgIpc) is 2.56. The summed E-state index contributed by atoms with van der Waals surface area (Å²) in [6, 6.07) is 1.91. The highest BCUT2D eigenvalue weighted by atomic mass is 16.2. The maximum atomic E-state index is 12.2. The van der Waals surface area contributed by atoms with E-state index in [1.54, 1.807) is 4.68 Å². The maximum Gasteiger partial charge on any atom is 0.225 e. The maximum absolute atomic E-state index is 12.2. The second-order valence-electron chi connectivity index (χ2n) is 6.78. The van der Waals surface area contributed by atoms with Crippen molar-refractivity contribution >= 4 is 5.91 Å². The van der Waals surface area contributed by atoms with Crippen LogP contribution in [0.25, 0.3) is 0 Å². The van der Waals surface area contributed by atoms with Crippen LogP contribution in [0.2, 0.25) is 0 Å². The first-order valence-electron chi connectivity index (χ1n) is 6.37. The fourth-order valence-electron chi connectivity index (χ4n) is 2.37. The molecular weight excluding hydrogens is 226 g/mol. The molecule has 1 N–H and O–H groups in total. The number of nitrogens with zero attached hydrogens (tertiary/aromatic N) is 2. The van der Waals surface area contributed by atoms with E-state index in [0.717, 1.165) is 12.1 Å². The van der Waals surface area contributed by atoms with E-state index < -0.39 is 0 Å². The molecule has 4 heteroatoms. The predicted octanol–water partition coefficient (Wildman–Crippen LogP) is 2.50. The Morgan fingerprint density at radius 2 is 1.94 bits per heavy atom. The third-order valence-corrected chi connectivity index (χ3v) is 2.79. The lowest BCUT2D eigenvalue weighted by Gasteiger charge is -2.31. The van der Waals surface area contributed by atoms with Crippen LogP contribution in [0.5, 0.6) is 0 Å². The Balaban J connectivity index is 2.54. The number of nitrogens with one attached hydrogen (secondary N) is 1. The summed E-state index contributed by atoms with van der Waals surface area (Å²) in [5.74, 6) is 0.0862. The highest BCUT2D eigenvalue weighted by Crippen LogP contribution is 2.33. The molecular formula is C14H25N3O. The molecule has 0 aromatic carbocycles. The summed E-state index contributed by atoms with van der Waals surface area (Å²) in [5, 5.41) is 7.20. The van der Waals surface area contributed by atoms with Gasteiger partial charge in [-0.25, -0.2) is 0 Å². The van der Waals surface area contributed by atoms with E-state index >= 15 is 0 Å². The van der Waals surface area contributed by atoms with Gasteiger partial charge in [-0.1, -0.05) is 34.6 Å². The minimum Gasteiger partial charge on any atom is -0.350 e. The lowest BCUT2D eigenvalue weighted by molar-refractivity contribution is -0.131. The van der Waals surface area contributed by atoms with E-state index in [0.29, 0.717) is 6.54 Å². The van der Waals surface area contributed by atoms with Crippen molar-refractivity contribution in [1.29, 1.82) is 0 Å². The largest absolute Gasteiger partial charge is 0.350 e. The first-order chi connectivity index (χ1) is 8.10. The lowest BCUT2D eigenvalue weighted by atomic mass is 9.76. The molecule has 1 aromatic heterocycles. The standard InChI is InChI=1S/C14H25N3O/c1-13(2,3)10-14(4,5)12(18)15-9-11-7-8-17(6)16-11/h7-8H,9-10H2,1-6H3,(H,15,18). The zero-order chi connectivity index (χ0) is 14.0. The number of aryl methyl sites for hydroxylation is 1. The van der Waals surface area contributed by atoms with E-state index in [-0.39, 0.29) is 16.7 Å². The van der Waals surface area contributed by atoms with Crippen molar-refractivity contribution in [3.63, 3.8) is 0 Å². The van der Waals surface area contributed by atoms with Gasteiger partial charge in [-0.15, -0.1) is 0 Å². The number of carbonyl (C=O) groups excluding carboxylic acids is 1. The van der Waals surface area contributed by atoms with Crippen LogP contribution in [0.3, 0.4) is 0 Å². The minimum atomic E-state index is -0.354. The predicted molar refractivity (Wildman–Crippen MR) is 72.9 cm³/mol. The molecule has 0 spiro atoms. The van der Waals surface area contributed by atoms with Gasteiger partial charge in [0.2, 0.25) is 5.91 Å². The second kappa shape index (κ2) is 5.12. The zero-order valence-electron chi connectivity index (χ0n) is 12.4. The number of amides is 1. The van der Waals surface area contributed by atoms with E-state index in [4.69, 9.17) is 0 Å². The monoisotopic (exact) mass is 251 g/mol. The molecule has 1 rings (SSSR count). The van der Waals surface area contributed by atoms with Crippen LogP contribution in [-0.4, -0.2) is 15.7 Å². The van der Waals surface area contributed by atoms with Crippen molar-refractivity contribution < 1.29 is 4.79 Å². The van der Waals surface area contributed by atoms with Crippen LogP contribution in [0.1, 0.15) is 46.7 Å². The van der Waals surface area contributed by atoms with Crippen LogP contribution in [0.4, 0.5) is 0 Å². The van der Waals surface area contributed by atoms with E-state index in [2.05, 4.69) is 31.2 Å². The van der Waals surface area contributed by atoms with Gasteiger partial charge in [0, 0.05) is 18.7 Å². The van der Waals surface area contributed by atoms with Crippen LogP contribution < -0.4 is 5.32 Å². The summed E-state index contributed by atoms with van der Waals surface area (Å²) in [7, 11) is 1.87. The second-order valence-corrected chi connectivity index (χ2v) is 6.78. The number of carbonyl (C=O) groups is 1. The van der Waals surface area contributed by atoms with Gasteiger partial charge >= 0.3 is 0 Å². The molecule has 0 aliphatic carbocycles. The van der Waals surface area contributed by atoms with Crippen LogP contribution in [-0.2, 0) is 18.4 Å². The molecule has 4 nitrogen and oxygen atoms in total. The van der Waals surface area contributed by atoms with Crippen LogP contribution in [0.15, 0.2) is 12.3 Å². The zero-order valence-corrected chi connectivity index (χ0v) is 12.4. The van der Waals surface area contributed by atoms with Crippen molar-refractivity contribution in [3.8, 4) is 0 Å². The van der Waals surface area contributed by atoms with Crippen LogP contribution >= 0.6 is 0 Å². The summed E-state index contributed by atoms with van der Waals surface area (Å²) in [5.41, 5.74) is 0.677. The third-order valence-electron chi connectivity index (χ3n) is 2.79. The summed E-state index contributed by atoms with van der Waals surface area (Å²) in [6.07, 6.45) is 2.73. The van der Waals surface area contributed by atoms with Crippen molar-refractivity contribution in [2.45, 2.75) is 47.6 Å². The van der Waals surface area contributed by atoms with Gasteiger partial charge in [0.1, 0.15) is 0 Å². The fourth-order valence-corrected chi connectivity index (χ4v) is 2.37. The molecule has 0 atom stereocenters. The number of aromatic nitrogens is 2. The molecule has 1 amide bonds. The highest BCUT2D eigenvalue weighted by molar-refractivity contribution is 5.81. The summed E-state index contributed by atoms with van der Waals surface area (Å²) in [4.78, 5) is 12.2. The van der Waals surface area contributed by atoms with Crippen molar-refractivity contribution in [3.05, 3.63) is 18.0 Å². The molecule has 1 aromatic rings. The highest BCUT2D eigenvalue weighted by Gasteiger charge is 2.32. The van der Waals surface area contributed by atoms with E-state index in [1.165, 1.54) is 0 Å². The quantitative estimate of drug-likeness (QED) is 0.893. The van der Waals surface area contributed by atoms with Gasteiger partial charge in [-0.05, 0) is 17.9 Å². The Morgan fingerprint density at radius 1 is 1.33 bits per heavy atom. The van der Waals surface area contributed by atoms with Crippen molar-refractivity contribution in [2.75, 3.05) is 0 Å². The summed E-state index contributed by atoms with van der Waals surface area (Å²) < 4.78 is 1.74. The number of rotatable bonds is 4. The molecule has 102 valence electrons. The Hall–Kier alpha value is -1.32. The first-order valence-corrected chi connectivity index (χ1v) is 6.37. The molecule has 0 fully saturated rings. The van der Waals surface area contributed by atoms with Gasteiger partial charge in [0.15, 0.2) is 0 Å². The molecule has 0 aliphatic rings. The molecule has 0 bridgehead atoms. The molecule has 1 heterocycles. The molecule has 0 saturated carbocycles. The van der Waals surface area contributed by atoms with Gasteiger partial charge in [-0.2, -0.15) is 5.10 Å². The molecule has 0 aliphatic heterocycles. The smallest absolute Gasteiger partial charge is 0.225 e. The van der Waals surface area contributed by atoms with Crippen LogP contribution in [0, 0.1) is 10.8 Å². The summed E-state index contributed by atoms with van der Waals surface area (Å²) >= 11 is 0. The van der Waals surface area contributed by atoms with Crippen molar-refractivity contribution in [2.24, 2.45) is 17.9 Å². The SMILES string of the molecule is Cn1ccc(CNC(=O)C(C)(C)CC(C)(C)C)n1. The van der Waals surface area contributed by atoms with E-state index in [1.807, 2.05) is 33.2 Å². The molecule has 0 radical (unpaired) electrons.